The van der Waals surface area contributed by atoms with Crippen molar-refractivity contribution in [3.8, 4) is 0 Å². The highest BCUT2D eigenvalue weighted by atomic mass is 32.1. The molecule has 0 aliphatic carbocycles. The lowest BCUT2D eigenvalue weighted by atomic mass is 9.96. The number of aromatic nitrogens is 3. The van der Waals surface area contributed by atoms with Gasteiger partial charge in [-0.15, -0.1) is 11.3 Å². The Hall–Kier alpha value is -2.22. The average molecular weight is 418 g/mol. The highest BCUT2D eigenvalue weighted by Gasteiger charge is 2.28. The summed E-state index contributed by atoms with van der Waals surface area (Å²) in [6.07, 6.45) is 5.51. The van der Waals surface area contributed by atoms with Crippen molar-refractivity contribution in [1.29, 1.82) is 0 Å². The summed E-state index contributed by atoms with van der Waals surface area (Å²) in [6.45, 7) is 11.1. The quantitative estimate of drug-likeness (QED) is 0.733. The van der Waals surface area contributed by atoms with Crippen LogP contribution >= 0.6 is 11.3 Å². The first-order valence-electron chi connectivity index (χ1n) is 10.3. The maximum Gasteiger partial charge on any atom is 0.410 e. The number of nitrogens with one attached hydrogen (secondary N) is 1. The Kier molecular flexibility index (Phi) is 6.72. The number of aryl methyl sites for hydroxylation is 2. The minimum absolute atomic E-state index is 0.237. The van der Waals surface area contributed by atoms with Crippen LogP contribution in [0, 0.1) is 6.92 Å². The van der Waals surface area contributed by atoms with E-state index >= 15 is 0 Å². The third-order valence-corrected chi connectivity index (χ3v) is 5.64. The molecule has 1 saturated heterocycles. The first-order valence-corrected chi connectivity index (χ1v) is 11.1. The van der Waals surface area contributed by atoms with Crippen LogP contribution in [0.2, 0.25) is 0 Å². The van der Waals surface area contributed by atoms with Crippen molar-refractivity contribution in [2.45, 2.75) is 71.8 Å². The molecule has 0 bridgehead atoms. The number of hydrogen-bond acceptors (Lipinski definition) is 7. The van der Waals surface area contributed by atoms with Gasteiger partial charge >= 0.3 is 6.09 Å². The maximum absolute atomic E-state index is 12.3. The minimum atomic E-state index is -0.471. The Balaban J connectivity index is 1.63. The maximum atomic E-state index is 12.3. The predicted octanol–water partition coefficient (Wildman–Crippen LogP) is 5.05. The first kappa shape index (κ1) is 21.5. The smallest absolute Gasteiger partial charge is 0.410 e. The van der Waals surface area contributed by atoms with Crippen molar-refractivity contribution in [3.05, 3.63) is 28.7 Å². The van der Waals surface area contributed by atoms with Crippen LogP contribution in [-0.4, -0.2) is 44.6 Å². The van der Waals surface area contributed by atoms with Gasteiger partial charge < -0.3 is 15.0 Å². The van der Waals surface area contributed by atoms with Crippen LogP contribution in [0.15, 0.2) is 12.3 Å². The summed E-state index contributed by atoms with van der Waals surface area (Å²) in [6, 6.07) is 1.94. The number of amides is 1. The molecule has 2 aromatic heterocycles. The highest BCUT2D eigenvalue weighted by molar-refractivity contribution is 7.15. The number of ether oxygens (including phenoxy) is 1. The Morgan fingerprint density at radius 1 is 1.31 bits per heavy atom. The molecular formula is C21H31N5O2S. The number of carbonyl (C=O) groups is 1. The lowest BCUT2D eigenvalue weighted by Gasteiger charge is -2.33. The molecule has 3 heterocycles. The van der Waals surface area contributed by atoms with Crippen LogP contribution in [-0.2, 0) is 11.2 Å². The molecule has 1 N–H and O–H groups in total. The van der Waals surface area contributed by atoms with Crippen LogP contribution in [0.3, 0.4) is 0 Å². The van der Waals surface area contributed by atoms with E-state index in [0.29, 0.717) is 13.1 Å². The van der Waals surface area contributed by atoms with Crippen molar-refractivity contribution < 1.29 is 9.53 Å². The van der Waals surface area contributed by atoms with Gasteiger partial charge in [0.1, 0.15) is 17.2 Å². The monoisotopic (exact) mass is 417 g/mol. The molecule has 1 aliphatic rings. The zero-order valence-electron chi connectivity index (χ0n) is 18.0. The number of carbonyl (C=O) groups excluding carboxylic acids is 1. The summed E-state index contributed by atoms with van der Waals surface area (Å²) >= 11 is 1.67. The van der Waals surface area contributed by atoms with Crippen LogP contribution in [0.25, 0.3) is 0 Å². The second kappa shape index (κ2) is 9.07. The molecule has 0 spiro atoms. The Morgan fingerprint density at radius 3 is 2.69 bits per heavy atom. The molecule has 1 aliphatic heterocycles. The van der Waals surface area contributed by atoms with Crippen molar-refractivity contribution in [3.63, 3.8) is 0 Å². The van der Waals surface area contributed by atoms with E-state index in [9.17, 15) is 4.79 Å². The van der Waals surface area contributed by atoms with Gasteiger partial charge in [0.2, 0.25) is 0 Å². The fraction of sp³-hybridized carbons (Fsp3) is 0.619. The SMILES string of the molecule is CCCc1cnc(Nc2cc(C)nc(C3CCN(C(=O)OC(C)(C)C)CC3)n2)s1. The second-order valence-electron chi connectivity index (χ2n) is 8.50. The molecule has 8 heteroatoms. The van der Waals surface area contributed by atoms with Gasteiger partial charge in [-0.05, 0) is 47.0 Å². The van der Waals surface area contributed by atoms with Gasteiger partial charge in [-0.3, -0.25) is 0 Å². The van der Waals surface area contributed by atoms with Gasteiger partial charge in [0.05, 0.1) is 0 Å². The number of piperidine rings is 1. The third kappa shape index (κ3) is 6.13. The first-order chi connectivity index (χ1) is 13.7. The van der Waals surface area contributed by atoms with E-state index in [4.69, 9.17) is 9.72 Å². The Morgan fingerprint density at radius 2 is 2.03 bits per heavy atom. The number of hydrogen-bond donors (Lipinski definition) is 1. The zero-order chi connectivity index (χ0) is 21.0. The summed E-state index contributed by atoms with van der Waals surface area (Å²) in [4.78, 5) is 29.2. The highest BCUT2D eigenvalue weighted by Crippen LogP contribution is 2.29. The molecule has 1 amide bonds. The summed E-state index contributed by atoms with van der Waals surface area (Å²) in [7, 11) is 0. The van der Waals surface area contributed by atoms with Crippen LogP contribution in [0.5, 0.6) is 0 Å². The van der Waals surface area contributed by atoms with Gasteiger partial charge in [0.25, 0.3) is 0 Å². The molecule has 29 heavy (non-hydrogen) atoms. The average Bonchev–Trinajstić information content (AvgIpc) is 3.07. The summed E-state index contributed by atoms with van der Waals surface area (Å²) in [5.41, 5.74) is 0.457. The number of thiazole rings is 1. The van der Waals surface area contributed by atoms with Crippen LogP contribution in [0.4, 0.5) is 15.7 Å². The topological polar surface area (TPSA) is 80.2 Å². The Bertz CT molecular complexity index is 838. The van der Waals surface area contributed by atoms with E-state index in [0.717, 1.165) is 48.2 Å². The fourth-order valence-corrected chi connectivity index (χ4v) is 4.24. The Labute approximate surface area is 176 Å². The fourth-order valence-electron chi connectivity index (χ4n) is 3.32. The summed E-state index contributed by atoms with van der Waals surface area (Å²) in [5, 5.41) is 4.19. The van der Waals surface area contributed by atoms with Crippen LogP contribution in [0.1, 0.15) is 69.3 Å². The predicted molar refractivity (Wildman–Crippen MR) is 116 cm³/mol. The van der Waals surface area contributed by atoms with Crippen molar-refractivity contribution >= 4 is 28.4 Å². The van der Waals surface area contributed by atoms with Gasteiger partial charge in [-0.2, -0.15) is 0 Å². The summed E-state index contributed by atoms with van der Waals surface area (Å²) < 4.78 is 5.48. The minimum Gasteiger partial charge on any atom is -0.444 e. The summed E-state index contributed by atoms with van der Waals surface area (Å²) in [5.74, 6) is 1.85. The molecule has 2 aromatic rings. The van der Waals surface area contributed by atoms with E-state index < -0.39 is 5.60 Å². The molecule has 0 radical (unpaired) electrons. The largest absolute Gasteiger partial charge is 0.444 e. The van der Waals surface area contributed by atoms with Gasteiger partial charge in [0.15, 0.2) is 5.13 Å². The standard InChI is InChI=1S/C21H31N5O2S/c1-6-7-16-13-22-19(29-16)25-17-12-14(2)23-18(24-17)15-8-10-26(11-9-15)20(27)28-21(3,4)5/h12-13,15H,6-11H2,1-5H3,(H,22,23,24,25). The molecule has 0 saturated carbocycles. The van der Waals surface area contributed by atoms with E-state index in [-0.39, 0.29) is 12.0 Å². The number of nitrogens with zero attached hydrogens (tertiary/aromatic N) is 4. The van der Waals surface area contributed by atoms with Crippen molar-refractivity contribution in [1.82, 2.24) is 19.9 Å². The van der Waals surface area contributed by atoms with Gasteiger partial charge in [0, 0.05) is 41.8 Å². The van der Waals surface area contributed by atoms with Crippen molar-refractivity contribution in [2.24, 2.45) is 0 Å². The second-order valence-corrected chi connectivity index (χ2v) is 9.62. The lowest BCUT2D eigenvalue weighted by molar-refractivity contribution is 0.0203. The molecule has 158 valence electrons. The molecule has 1 fully saturated rings. The van der Waals surface area contributed by atoms with E-state index in [2.05, 4.69) is 22.2 Å². The van der Waals surface area contributed by atoms with E-state index in [1.807, 2.05) is 40.0 Å². The number of anilines is 2. The molecular weight excluding hydrogens is 386 g/mol. The molecule has 0 aromatic carbocycles. The van der Waals surface area contributed by atoms with E-state index in [1.54, 1.807) is 16.2 Å². The molecule has 7 nitrogen and oxygen atoms in total. The lowest BCUT2D eigenvalue weighted by Crippen LogP contribution is -2.41. The van der Waals surface area contributed by atoms with E-state index in [1.165, 1.54) is 4.88 Å². The molecule has 0 atom stereocenters. The molecule has 3 rings (SSSR count). The van der Waals surface area contributed by atoms with Crippen molar-refractivity contribution in [2.75, 3.05) is 18.4 Å². The number of rotatable bonds is 5. The zero-order valence-corrected chi connectivity index (χ0v) is 18.8. The van der Waals surface area contributed by atoms with Gasteiger partial charge in [-0.1, -0.05) is 13.3 Å². The van der Waals surface area contributed by atoms with Gasteiger partial charge in [-0.25, -0.2) is 19.7 Å². The number of likely N-dealkylation sites (tertiary alicyclic amines) is 1. The molecule has 0 unspecified atom stereocenters. The normalized spacial score (nSPS) is 15.4. The van der Waals surface area contributed by atoms with Crippen LogP contribution < -0.4 is 5.32 Å². The third-order valence-electron chi connectivity index (χ3n) is 4.67.